The zero-order chi connectivity index (χ0) is 23.8. The van der Waals surface area contributed by atoms with Crippen molar-refractivity contribution in [1.82, 2.24) is 14.7 Å². The van der Waals surface area contributed by atoms with Crippen molar-refractivity contribution in [3.05, 3.63) is 47.0 Å². The topological polar surface area (TPSA) is 98.6 Å². The molecule has 1 aliphatic heterocycles. The van der Waals surface area contributed by atoms with Gasteiger partial charge in [-0.05, 0) is 44.9 Å². The number of hydrogen-bond acceptors (Lipinski definition) is 7. The molecule has 33 heavy (non-hydrogen) atoms. The number of hydrogen-bond donors (Lipinski definition) is 0. The maximum atomic E-state index is 12.9. The summed E-state index contributed by atoms with van der Waals surface area (Å²) in [5.41, 5.74) is 1.69. The van der Waals surface area contributed by atoms with Crippen LogP contribution in [0.3, 0.4) is 0 Å². The summed E-state index contributed by atoms with van der Waals surface area (Å²) < 4.78 is 31.0. The van der Waals surface area contributed by atoms with Crippen LogP contribution in [0.5, 0.6) is 0 Å². The minimum absolute atomic E-state index is 0.0391. The normalized spacial score (nSPS) is 18.3. The number of fused-ring (bicyclic) bond motifs is 1. The number of thiophene rings is 1. The Morgan fingerprint density at radius 3 is 2.67 bits per heavy atom. The maximum Gasteiger partial charge on any atom is 0.348 e. The van der Waals surface area contributed by atoms with Crippen molar-refractivity contribution in [2.24, 2.45) is 0 Å². The number of aromatic nitrogens is 2. The Morgan fingerprint density at radius 2 is 2.03 bits per heavy atom. The third-order valence-electron chi connectivity index (χ3n) is 6.03. The van der Waals surface area contributed by atoms with Crippen molar-refractivity contribution < 1.29 is 22.7 Å². The molecule has 1 fully saturated rings. The zero-order valence-electron chi connectivity index (χ0n) is 18.9. The lowest BCUT2D eigenvalue weighted by Crippen LogP contribution is -2.48. The predicted molar refractivity (Wildman–Crippen MR) is 128 cm³/mol. The number of sulfone groups is 1. The summed E-state index contributed by atoms with van der Waals surface area (Å²) in [7, 11) is -3.14. The van der Waals surface area contributed by atoms with E-state index in [1.165, 1.54) is 11.3 Å². The van der Waals surface area contributed by atoms with Crippen LogP contribution in [0.15, 0.2) is 36.4 Å². The van der Waals surface area contributed by atoms with Crippen LogP contribution in [0.1, 0.15) is 42.1 Å². The monoisotopic (exact) mass is 489 g/mol. The first kappa shape index (κ1) is 23.4. The van der Waals surface area contributed by atoms with Crippen molar-refractivity contribution >= 4 is 43.3 Å². The lowest BCUT2D eigenvalue weighted by atomic mass is 10.1. The van der Waals surface area contributed by atoms with Crippen molar-refractivity contribution in [1.29, 1.82) is 0 Å². The fraction of sp³-hybridized carbons (Fsp3) is 0.435. The quantitative estimate of drug-likeness (QED) is 0.472. The second-order valence-corrected chi connectivity index (χ2v) is 11.6. The summed E-state index contributed by atoms with van der Waals surface area (Å²) in [5.74, 6) is -0.904. The van der Waals surface area contributed by atoms with Gasteiger partial charge in [0.25, 0.3) is 5.91 Å². The first-order chi connectivity index (χ1) is 15.7. The summed E-state index contributed by atoms with van der Waals surface area (Å²) in [6.45, 7) is 5.29. The van der Waals surface area contributed by atoms with Gasteiger partial charge in [0.2, 0.25) is 0 Å². The highest BCUT2D eigenvalue weighted by Crippen LogP contribution is 2.31. The number of ether oxygens (including phenoxy) is 1. The van der Waals surface area contributed by atoms with Gasteiger partial charge in [-0.25, -0.2) is 17.9 Å². The minimum Gasteiger partial charge on any atom is -0.451 e. The molecule has 0 bridgehead atoms. The Morgan fingerprint density at radius 1 is 1.30 bits per heavy atom. The van der Waals surface area contributed by atoms with Crippen LogP contribution in [0, 0.1) is 6.92 Å². The Balaban J connectivity index is 1.49. The second-order valence-electron chi connectivity index (χ2n) is 8.35. The Labute approximate surface area is 197 Å². The van der Waals surface area contributed by atoms with Gasteiger partial charge in [0.15, 0.2) is 16.4 Å². The molecule has 3 heterocycles. The number of amides is 1. The number of para-hydroxylation sites is 1. The minimum atomic E-state index is -3.14. The maximum absolute atomic E-state index is 12.9. The van der Waals surface area contributed by atoms with Crippen LogP contribution in [0.4, 0.5) is 0 Å². The molecule has 8 nitrogen and oxygen atoms in total. The van der Waals surface area contributed by atoms with Crippen LogP contribution in [-0.4, -0.2) is 65.2 Å². The third kappa shape index (κ3) is 4.81. The van der Waals surface area contributed by atoms with E-state index in [9.17, 15) is 18.0 Å². The van der Waals surface area contributed by atoms with E-state index in [0.717, 1.165) is 21.6 Å². The van der Waals surface area contributed by atoms with Crippen molar-refractivity contribution in [3.63, 3.8) is 0 Å². The number of rotatable bonds is 7. The van der Waals surface area contributed by atoms with Gasteiger partial charge in [0.05, 0.1) is 22.9 Å². The largest absolute Gasteiger partial charge is 0.451 e. The van der Waals surface area contributed by atoms with Crippen LogP contribution >= 0.6 is 11.3 Å². The number of carbonyl (C=O) groups excluding carboxylic acids is 2. The van der Waals surface area contributed by atoms with E-state index in [4.69, 9.17) is 4.74 Å². The fourth-order valence-corrected chi connectivity index (χ4v) is 6.95. The highest BCUT2D eigenvalue weighted by atomic mass is 32.2. The number of benzene rings is 1. The number of nitrogens with zero attached hydrogens (tertiary/aromatic N) is 3. The van der Waals surface area contributed by atoms with Gasteiger partial charge in [-0.3, -0.25) is 4.79 Å². The molecule has 2 aromatic heterocycles. The molecule has 1 aliphatic rings. The van der Waals surface area contributed by atoms with Gasteiger partial charge in [-0.15, -0.1) is 11.3 Å². The SMILES string of the molecule is CCC(C)N(C(=O)COC(=O)c1cc2c(C)nn(-c3ccccc3)c2s1)C1CCS(=O)(=O)C1. The molecular weight excluding hydrogens is 462 g/mol. The van der Waals surface area contributed by atoms with E-state index >= 15 is 0 Å². The van der Waals surface area contributed by atoms with Crippen LogP contribution < -0.4 is 0 Å². The Kier molecular flexibility index (Phi) is 6.58. The van der Waals surface area contributed by atoms with E-state index in [2.05, 4.69) is 5.10 Å². The van der Waals surface area contributed by atoms with Crippen LogP contribution in [0.2, 0.25) is 0 Å². The van der Waals surface area contributed by atoms with E-state index in [1.807, 2.05) is 51.1 Å². The third-order valence-corrected chi connectivity index (χ3v) is 8.87. The standard InChI is InChI=1S/C23H27N3O5S2/c1-4-15(2)25(18-10-11-33(29,30)14-18)21(27)13-31-23(28)20-12-19-16(3)24-26(22(19)32-20)17-8-6-5-7-9-17/h5-9,12,15,18H,4,10-11,13-14H2,1-3H3. The second kappa shape index (κ2) is 9.26. The molecule has 0 saturated carbocycles. The molecule has 3 aromatic rings. The van der Waals surface area contributed by atoms with Gasteiger partial charge >= 0.3 is 5.97 Å². The molecule has 0 N–H and O–H groups in total. The molecular formula is C23H27N3O5S2. The first-order valence-electron chi connectivity index (χ1n) is 10.9. The van der Waals surface area contributed by atoms with E-state index in [-0.39, 0.29) is 29.5 Å². The van der Waals surface area contributed by atoms with Crippen molar-refractivity contribution in [2.45, 2.75) is 45.7 Å². The number of carbonyl (C=O) groups is 2. The molecule has 0 spiro atoms. The summed E-state index contributed by atoms with van der Waals surface area (Å²) in [6, 6.07) is 10.9. The summed E-state index contributed by atoms with van der Waals surface area (Å²) >= 11 is 1.27. The highest BCUT2D eigenvalue weighted by molar-refractivity contribution is 7.91. The van der Waals surface area contributed by atoms with Gasteiger partial charge < -0.3 is 9.64 Å². The van der Waals surface area contributed by atoms with Gasteiger partial charge in [0.1, 0.15) is 9.71 Å². The lowest BCUT2D eigenvalue weighted by molar-refractivity contribution is -0.138. The number of esters is 1. The average molecular weight is 490 g/mol. The molecule has 1 amide bonds. The lowest BCUT2D eigenvalue weighted by Gasteiger charge is -2.33. The molecule has 10 heteroatoms. The van der Waals surface area contributed by atoms with E-state index in [1.54, 1.807) is 15.6 Å². The van der Waals surface area contributed by atoms with Crippen LogP contribution in [0.25, 0.3) is 15.9 Å². The molecule has 2 unspecified atom stereocenters. The van der Waals surface area contributed by atoms with Gasteiger partial charge in [0, 0.05) is 17.5 Å². The molecule has 2 atom stereocenters. The van der Waals surface area contributed by atoms with Gasteiger partial charge in [-0.2, -0.15) is 5.10 Å². The molecule has 176 valence electrons. The summed E-state index contributed by atoms with van der Waals surface area (Å²) in [5, 5.41) is 5.43. The fourth-order valence-electron chi connectivity index (χ4n) is 4.17. The average Bonchev–Trinajstić information content (AvgIpc) is 3.47. The van der Waals surface area contributed by atoms with Crippen molar-refractivity contribution in [2.75, 3.05) is 18.1 Å². The zero-order valence-corrected chi connectivity index (χ0v) is 20.5. The smallest absolute Gasteiger partial charge is 0.348 e. The van der Waals surface area contributed by atoms with Crippen LogP contribution in [-0.2, 0) is 19.4 Å². The van der Waals surface area contributed by atoms with E-state index < -0.39 is 22.4 Å². The Hall–Kier alpha value is -2.72. The summed E-state index contributed by atoms with van der Waals surface area (Å²) in [6.07, 6.45) is 1.10. The molecule has 1 aromatic carbocycles. The summed E-state index contributed by atoms with van der Waals surface area (Å²) in [4.78, 5) is 28.5. The van der Waals surface area contributed by atoms with Gasteiger partial charge in [-0.1, -0.05) is 25.1 Å². The molecule has 0 radical (unpaired) electrons. The van der Waals surface area contributed by atoms with E-state index in [0.29, 0.717) is 17.7 Å². The predicted octanol–water partition coefficient (Wildman–Crippen LogP) is 3.37. The first-order valence-corrected chi connectivity index (χ1v) is 13.6. The van der Waals surface area contributed by atoms with Crippen molar-refractivity contribution in [3.8, 4) is 5.69 Å². The molecule has 4 rings (SSSR count). The highest BCUT2D eigenvalue weighted by Gasteiger charge is 2.36. The molecule has 0 aliphatic carbocycles. The Bertz CT molecular complexity index is 1280. The number of aryl methyl sites for hydroxylation is 1. The molecule has 1 saturated heterocycles.